The van der Waals surface area contributed by atoms with Crippen molar-refractivity contribution < 1.29 is 28.4 Å². The van der Waals surface area contributed by atoms with Crippen LogP contribution in [0.5, 0.6) is 0 Å². The number of benzene rings is 1. The van der Waals surface area contributed by atoms with Crippen LogP contribution in [0.25, 0.3) is 0 Å². The summed E-state index contributed by atoms with van der Waals surface area (Å²) < 4.78 is 10.8. The Labute approximate surface area is 265 Å². The van der Waals surface area contributed by atoms with Gasteiger partial charge in [0.15, 0.2) is 17.2 Å². The number of carbonyl (C=O) groups excluding carboxylic acids is 4. The van der Waals surface area contributed by atoms with E-state index in [0.29, 0.717) is 44.3 Å². The fraction of sp³-hybridized carbons (Fsp3) is 0.618. The minimum absolute atomic E-state index is 0.0498. The second kappa shape index (κ2) is 14.7. The van der Waals surface area contributed by atoms with Crippen LogP contribution in [-0.4, -0.2) is 78.0 Å². The first-order chi connectivity index (χ1) is 21.6. The number of ether oxygens (including phenoxy) is 1. The summed E-state index contributed by atoms with van der Waals surface area (Å²) in [5, 5.41) is 12.7. The predicted octanol–water partition coefficient (Wildman–Crippen LogP) is 3.03. The second-order valence-electron chi connectivity index (χ2n) is 13.6. The lowest BCUT2D eigenvalue weighted by molar-refractivity contribution is -0.133. The summed E-state index contributed by atoms with van der Waals surface area (Å²) in [6.45, 7) is 9.36. The normalized spacial score (nSPS) is 19.7. The molecule has 11 nitrogen and oxygen atoms in total. The van der Waals surface area contributed by atoms with E-state index in [1.165, 1.54) is 0 Å². The Kier molecular flexibility index (Phi) is 10.7. The third kappa shape index (κ3) is 9.46. The van der Waals surface area contributed by atoms with Gasteiger partial charge in [-0.1, -0.05) is 69.1 Å². The maximum absolute atomic E-state index is 13.8. The van der Waals surface area contributed by atoms with Gasteiger partial charge in [-0.2, -0.15) is 0 Å². The number of amides is 3. The van der Waals surface area contributed by atoms with Crippen molar-refractivity contribution in [2.75, 3.05) is 26.3 Å². The molecule has 3 amide bonds. The molecule has 3 atom stereocenters. The molecule has 2 heterocycles. The van der Waals surface area contributed by atoms with Gasteiger partial charge in [-0.15, -0.1) is 0 Å². The van der Waals surface area contributed by atoms with E-state index in [0.717, 1.165) is 44.3 Å². The van der Waals surface area contributed by atoms with Gasteiger partial charge in [0.2, 0.25) is 11.8 Å². The Balaban J connectivity index is 1.27. The monoisotopic (exact) mass is 621 g/mol. The molecule has 0 bridgehead atoms. The average Bonchev–Trinajstić information content (AvgIpc) is 3.95. The molecule has 1 aromatic heterocycles. The molecule has 2 aliphatic carbocycles. The molecule has 2 saturated carbocycles. The van der Waals surface area contributed by atoms with Crippen LogP contribution in [-0.2, 0) is 32.1 Å². The maximum atomic E-state index is 13.8. The van der Waals surface area contributed by atoms with Crippen molar-refractivity contribution in [1.29, 1.82) is 0 Å². The number of nitrogens with zero attached hydrogens (tertiary/aromatic N) is 2. The van der Waals surface area contributed by atoms with Crippen molar-refractivity contribution in [2.45, 2.75) is 90.4 Å². The molecule has 0 unspecified atom stereocenters. The maximum Gasteiger partial charge on any atom is 0.274 e. The van der Waals surface area contributed by atoms with Gasteiger partial charge in [-0.05, 0) is 43.1 Å². The smallest absolute Gasteiger partial charge is 0.274 e. The highest BCUT2D eigenvalue weighted by Gasteiger charge is 2.48. The quantitative estimate of drug-likeness (QED) is 0.260. The highest BCUT2D eigenvalue weighted by molar-refractivity contribution is 5.98. The lowest BCUT2D eigenvalue weighted by atomic mass is 9.91. The van der Waals surface area contributed by atoms with Crippen molar-refractivity contribution in [3.05, 3.63) is 53.4 Å². The molecule has 2 aromatic rings. The summed E-state index contributed by atoms with van der Waals surface area (Å²) in [7, 11) is 0. The number of carbonyl (C=O) groups is 4. The average molecular weight is 622 g/mol. The first-order valence-corrected chi connectivity index (χ1v) is 16.3. The first kappa shape index (κ1) is 32.8. The molecule has 3 fully saturated rings. The summed E-state index contributed by atoms with van der Waals surface area (Å²) in [5.74, 6) is -0.210. The number of hydrogen-bond acceptors (Lipinski definition) is 8. The Bertz CT molecular complexity index is 1330. The predicted molar refractivity (Wildman–Crippen MR) is 167 cm³/mol. The van der Waals surface area contributed by atoms with E-state index in [2.05, 4.69) is 26.0 Å². The van der Waals surface area contributed by atoms with E-state index < -0.39 is 41.3 Å². The van der Waals surface area contributed by atoms with Gasteiger partial charge in [0.05, 0.1) is 25.8 Å². The van der Waals surface area contributed by atoms with Crippen LogP contribution in [0, 0.1) is 17.3 Å². The number of rotatable bonds is 16. The van der Waals surface area contributed by atoms with Gasteiger partial charge >= 0.3 is 0 Å². The molecule has 1 saturated heterocycles. The molecule has 1 aromatic carbocycles. The first-order valence-electron chi connectivity index (χ1n) is 16.3. The van der Waals surface area contributed by atoms with E-state index in [1.54, 1.807) is 6.07 Å². The largest absolute Gasteiger partial charge is 0.379 e. The molecule has 244 valence electrons. The molecule has 11 heteroatoms. The summed E-state index contributed by atoms with van der Waals surface area (Å²) in [5.41, 5.74) is 0.583. The van der Waals surface area contributed by atoms with Gasteiger partial charge in [0, 0.05) is 31.0 Å². The molecule has 0 radical (unpaired) electrons. The van der Waals surface area contributed by atoms with E-state index >= 15 is 0 Å². The Morgan fingerprint density at radius 3 is 2.27 bits per heavy atom. The highest BCUT2D eigenvalue weighted by Crippen LogP contribution is 2.47. The highest BCUT2D eigenvalue weighted by atomic mass is 16.5. The SMILES string of the molecule is CC(C)C[C@H](NC(=O)[C@H](Cc1ccccc1)NC(=O)[C@H](CC1CC1)NC(=O)c1cc(CN2CCOCC2)on1)C(=O)C1(C)CC1. The lowest BCUT2D eigenvalue weighted by Crippen LogP contribution is -2.57. The zero-order valence-electron chi connectivity index (χ0n) is 26.7. The van der Waals surface area contributed by atoms with Crippen LogP contribution in [0.1, 0.15) is 81.1 Å². The molecule has 1 aliphatic heterocycles. The number of hydrogen-bond donors (Lipinski definition) is 3. The van der Waals surface area contributed by atoms with Crippen molar-refractivity contribution in [1.82, 2.24) is 26.0 Å². The summed E-state index contributed by atoms with van der Waals surface area (Å²) in [6.07, 6.45) is 4.85. The number of aromatic nitrogens is 1. The van der Waals surface area contributed by atoms with Crippen LogP contribution in [0.2, 0.25) is 0 Å². The van der Waals surface area contributed by atoms with Gasteiger partial charge in [0.25, 0.3) is 5.91 Å². The molecule has 5 rings (SSSR count). The molecule has 3 N–H and O–H groups in total. The van der Waals surface area contributed by atoms with Gasteiger partial charge in [-0.3, -0.25) is 24.1 Å². The van der Waals surface area contributed by atoms with E-state index in [1.807, 2.05) is 51.1 Å². The topological polar surface area (TPSA) is 143 Å². The van der Waals surface area contributed by atoms with Gasteiger partial charge in [-0.25, -0.2) is 0 Å². The molecular weight excluding hydrogens is 574 g/mol. The number of morpholine rings is 1. The van der Waals surface area contributed by atoms with Gasteiger partial charge < -0.3 is 25.2 Å². The van der Waals surface area contributed by atoms with Crippen LogP contribution < -0.4 is 16.0 Å². The Morgan fingerprint density at radius 2 is 1.62 bits per heavy atom. The van der Waals surface area contributed by atoms with Crippen molar-refractivity contribution >= 4 is 23.5 Å². The van der Waals surface area contributed by atoms with Crippen molar-refractivity contribution in [3.63, 3.8) is 0 Å². The fourth-order valence-corrected chi connectivity index (χ4v) is 5.79. The molecule has 45 heavy (non-hydrogen) atoms. The number of ketones is 1. The summed E-state index contributed by atoms with van der Waals surface area (Å²) in [6, 6.07) is 8.65. The summed E-state index contributed by atoms with van der Waals surface area (Å²) in [4.78, 5) is 56.3. The molecule has 3 aliphatic rings. The number of nitrogens with one attached hydrogen (secondary N) is 3. The van der Waals surface area contributed by atoms with E-state index in [9.17, 15) is 19.2 Å². The van der Waals surface area contributed by atoms with Crippen molar-refractivity contribution in [2.24, 2.45) is 17.3 Å². The molecule has 0 spiro atoms. The van der Waals surface area contributed by atoms with Crippen LogP contribution in [0.15, 0.2) is 40.9 Å². The summed E-state index contributed by atoms with van der Waals surface area (Å²) >= 11 is 0. The zero-order chi connectivity index (χ0) is 32.0. The van der Waals surface area contributed by atoms with Gasteiger partial charge in [0.1, 0.15) is 12.1 Å². The second-order valence-corrected chi connectivity index (χ2v) is 13.6. The van der Waals surface area contributed by atoms with Crippen LogP contribution in [0.4, 0.5) is 0 Å². The third-order valence-electron chi connectivity index (χ3n) is 9.01. The molecular formula is C34H47N5O6. The van der Waals surface area contributed by atoms with E-state index in [-0.39, 0.29) is 23.8 Å². The zero-order valence-corrected chi connectivity index (χ0v) is 26.7. The fourth-order valence-electron chi connectivity index (χ4n) is 5.79. The van der Waals surface area contributed by atoms with Crippen molar-refractivity contribution in [3.8, 4) is 0 Å². The van der Waals surface area contributed by atoms with Crippen LogP contribution >= 0.6 is 0 Å². The van der Waals surface area contributed by atoms with E-state index in [4.69, 9.17) is 9.26 Å². The standard InChI is InChI=1S/C34H47N5O6/c1-22(2)17-26(30(40)34(3)11-12-34)35-31(41)27(18-23-7-5-4-6-8-23)36-32(42)28(19-24-9-10-24)37-33(43)29-20-25(45-38-29)21-39-13-15-44-16-14-39/h4-8,20,22,24,26-28H,9-19,21H2,1-3H3,(H,35,41)(H,36,42)(H,37,43)/t26-,27-,28-/m0/s1. The Morgan fingerprint density at radius 1 is 0.956 bits per heavy atom. The minimum Gasteiger partial charge on any atom is -0.379 e. The third-order valence-corrected chi connectivity index (χ3v) is 9.01. The van der Waals surface area contributed by atoms with Crippen LogP contribution in [0.3, 0.4) is 0 Å². The number of Topliss-reactive ketones (excluding diaryl/α,β-unsaturated/α-hetero) is 1. The minimum atomic E-state index is -0.930. The Hall–Kier alpha value is -3.57. The lowest BCUT2D eigenvalue weighted by Gasteiger charge is -2.27.